The number of halogens is 2. The highest BCUT2D eigenvalue weighted by molar-refractivity contribution is 7.98. The van der Waals surface area contributed by atoms with Gasteiger partial charge in [-0.05, 0) is 29.8 Å². The van der Waals surface area contributed by atoms with Crippen LogP contribution in [-0.2, 0) is 20.6 Å². The molecule has 9 heteroatoms. The largest absolute Gasteiger partial charge is 0.354 e. The van der Waals surface area contributed by atoms with Crippen LogP contribution in [0.15, 0.2) is 48.5 Å². The molecule has 27 heavy (non-hydrogen) atoms. The Balaban J connectivity index is 1.83. The number of nitrogens with one attached hydrogen (secondary N) is 1. The normalized spacial score (nSPS) is 11.2. The minimum Gasteiger partial charge on any atom is -0.354 e. The maximum atomic E-state index is 13.5. The molecule has 0 fully saturated rings. The smallest absolute Gasteiger partial charge is 0.240 e. The quantitative estimate of drug-likeness (QED) is 0.641. The molecular weight excluding hydrogens is 394 g/mol. The highest BCUT2D eigenvalue weighted by atomic mass is 32.2. The summed E-state index contributed by atoms with van der Waals surface area (Å²) in [7, 11) is -3.75. The van der Waals surface area contributed by atoms with Crippen molar-refractivity contribution in [2.24, 2.45) is 0 Å². The highest BCUT2D eigenvalue weighted by Crippen LogP contribution is 2.18. The first-order chi connectivity index (χ1) is 12.8. The van der Waals surface area contributed by atoms with Gasteiger partial charge in [0.1, 0.15) is 18.2 Å². The second kappa shape index (κ2) is 9.70. The molecule has 2 rings (SSSR count). The predicted octanol–water partition coefficient (Wildman–Crippen LogP) is 2.78. The summed E-state index contributed by atoms with van der Waals surface area (Å²) < 4.78 is 51.6. The van der Waals surface area contributed by atoms with Crippen LogP contribution in [0.3, 0.4) is 0 Å². The van der Waals surface area contributed by atoms with Gasteiger partial charge in [0, 0.05) is 18.1 Å². The fourth-order valence-corrected chi connectivity index (χ4v) is 3.97. The lowest BCUT2D eigenvalue weighted by Gasteiger charge is -2.21. The number of benzene rings is 2. The molecule has 0 atom stereocenters. The Morgan fingerprint density at radius 1 is 1.15 bits per heavy atom. The summed E-state index contributed by atoms with van der Waals surface area (Å²) in [5.41, 5.74) is 0.671. The lowest BCUT2D eigenvalue weighted by atomic mass is 10.2. The molecule has 0 heterocycles. The zero-order chi connectivity index (χ0) is 19.9. The van der Waals surface area contributed by atoms with E-state index in [9.17, 15) is 22.0 Å². The van der Waals surface area contributed by atoms with E-state index in [1.807, 2.05) is 0 Å². The van der Waals surface area contributed by atoms with Crippen LogP contribution in [0.2, 0.25) is 0 Å². The Morgan fingerprint density at radius 3 is 2.56 bits per heavy atom. The van der Waals surface area contributed by atoms with Crippen LogP contribution in [-0.4, -0.2) is 39.4 Å². The minimum absolute atomic E-state index is 0.0848. The fraction of sp³-hybridized carbons (Fsp3) is 0.278. The van der Waals surface area contributed by atoms with Gasteiger partial charge in [-0.25, -0.2) is 17.2 Å². The van der Waals surface area contributed by atoms with Crippen LogP contribution >= 0.6 is 11.8 Å². The van der Waals surface area contributed by atoms with Gasteiger partial charge >= 0.3 is 0 Å². The minimum atomic E-state index is -3.75. The Bertz CT molecular complexity index is 892. The third-order valence-electron chi connectivity index (χ3n) is 3.57. The highest BCUT2D eigenvalue weighted by Gasteiger charge is 2.21. The standard InChI is InChI=1S/C18H20F2N2O3S2/c1-27(24,25)22(16-7-4-6-15(19)11-16)12-18(23)21-9-10-26-13-14-5-2-3-8-17(14)20/h2-8,11H,9-10,12-13H2,1H3,(H,21,23). The maximum absolute atomic E-state index is 13.5. The molecule has 2 aromatic carbocycles. The van der Waals surface area contributed by atoms with Crippen LogP contribution in [0, 0.1) is 11.6 Å². The van der Waals surface area contributed by atoms with E-state index < -0.39 is 28.3 Å². The summed E-state index contributed by atoms with van der Waals surface area (Å²) in [5, 5.41) is 2.62. The second-order valence-corrected chi connectivity index (χ2v) is 8.76. The number of amides is 1. The molecule has 146 valence electrons. The second-order valence-electron chi connectivity index (χ2n) is 5.74. The number of nitrogens with zero attached hydrogens (tertiary/aromatic N) is 1. The molecular formula is C18H20F2N2O3S2. The monoisotopic (exact) mass is 414 g/mol. The lowest BCUT2D eigenvalue weighted by Crippen LogP contribution is -2.41. The van der Waals surface area contributed by atoms with Crippen molar-refractivity contribution in [1.29, 1.82) is 0 Å². The Hall–Kier alpha value is -2.13. The SMILES string of the molecule is CS(=O)(=O)N(CC(=O)NCCSCc1ccccc1F)c1cccc(F)c1. The van der Waals surface area contributed by atoms with Crippen molar-refractivity contribution in [1.82, 2.24) is 5.32 Å². The van der Waals surface area contributed by atoms with Gasteiger partial charge in [-0.1, -0.05) is 24.3 Å². The van der Waals surface area contributed by atoms with E-state index in [0.717, 1.165) is 16.6 Å². The van der Waals surface area contributed by atoms with E-state index in [0.29, 0.717) is 23.6 Å². The van der Waals surface area contributed by atoms with Crippen molar-refractivity contribution in [3.8, 4) is 0 Å². The summed E-state index contributed by atoms with van der Waals surface area (Å²) in [6.45, 7) is -0.140. The molecule has 0 aliphatic heterocycles. The summed E-state index contributed by atoms with van der Waals surface area (Å²) in [6.07, 6.45) is 0.954. The molecule has 0 spiro atoms. The number of rotatable bonds is 9. The van der Waals surface area contributed by atoms with E-state index in [1.54, 1.807) is 18.2 Å². The predicted molar refractivity (Wildman–Crippen MR) is 104 cm³/mol. The van der Waals surface area contributed by atoms with E-state index in [4.69, 9.17) is 0 Å². The molecule has 0 aliphatic rings. The van der Waals surface area contributed by atoms with Gasteiger partial charge in [0.25, 0.3) is 0 Å². The molecule has 0 aromatic heterocycles. The molecule has 1 N–H and O–H groups in total. The van der Waals surface area contributed by atoms with Gasteiger partial charge in [0.2, 0.25) is 15.9 Å². The molecule has 0 saturated heterocycles. The van der Waals surface area contributed by atoms with Crippen molar-refractivity contribution in [2.75, 3.05) is 29.4 Å². The number of hydrogen-bond acceptors (Lipinski definition) is 4. The van der Waals surface area contributed by atoms with Crippen molar-refractivity contribution in [3.05, 3.63) is 65.7 Å². The number of thioether (sulfide) groups is 1. The van der Waals surface area contributed by atoms with E-state index in [1.165, 1.54) is 36.0 Å². The van der Waals surface area contributed by atoms with E-state index in [2.05, 4.69) is 5.32 Å². The van der Waals surface area contributed by atoms with Crippen molar-refractivity contribution in [2.45, 2.75) is 5.75 Å². The maximum Gasteiger partial charge on any atom is 0.240 e. The number of carbonyl (C=O) groups excluding carboxylic acids is 1. The zero-order valence-corrected chi connectivity index (χ0v) is 16.3. The van der Waals surface area contributed by atoms with Crippen LogP contribution in [0.5, 0.6) is 0 Å². The van der Waals surface area contributed by atoms with E-state index in [-0.39, 0.29) is 11.5 Å². The number of sulfonamides is 1. The average molecular weight is 414 g/mol. The Morgan fingerprint density at radius 2 is 1.89 bits per heavy atom. The summed E-state index contributed by atoms with van der Waals surface area (Å²) in [4.78, 5) is 12.1. The molecule has 0 radical (unpaired) electrons. The lowest BCUT2D eigenvalue weighted by molar-refractivity contribution is -0.119. The third-order valence-corrected chi connectivity index (χ3v) is 5.72. The zero-order valence-electron chi connectivity index (χ0n) is 14.7. The molecule has 5 nitrogen and oxygen atoms in total. The molecule has 0 saturated carbocycles. The number of carbonyl (C=O) groups is 1. The van der Waals surface area contributed by atoms with Gasteiger partial charge in [0.15, 0.2) is 0 Å². The third kappa shape index (κ3) is 6.84. The molecule has 0 aliphatic carbocycles. The summed E-state index contributed by atoms with van der Waals surface area (Å²) in [5.74, 6) is -0.351. The summed E-state index contributed by atoms with van der Waals surface area (Å²) in [6, 6.07) is 11.5. The summed E-state index contributed by atoms with van der Waals surface area (Å²) >= 11 is 1.45. The molecule has 1 amide bonds. The Kier molecular flexibility index (Phi) is 7.61. The van der Waals surface area contributed by atoms with Gasteiger partial charge in [-0.3, -0.25) is 9.10 Å². The molecule has 0 unspecified atom stereocenters. The van der Waals surface area contributed by atoms with Gasteiger partial charge in [-0.2, -0.15) is 11.8 Å². The van der Waals surface area contributed by atoms with Crippen molar-refractivity contribution >= 4 is 33.4 Å². The van der Waals surface area contributed by atoms with Crippen LogP contribution in [0.4, 0.5) is 14.5 Å². The first-order valence-electron chi connectivity index (χ1n) is 8.08. The van der Waals surface area contributed by atoms with Gasteiger partial charge in [0.05, 0.1) is 11.9 Å². The van der Waals surface area contributed by atoms with Crippen LogP contribution in [0.1, 0.15) is 5.56 Å². The van der Waals surface area contributed by atoms with E-state index >= 15 is 0 Å². The molecule has 0 bridgehead atoms. The van der Waals surface area contributed by atoms with Crippen molar-refractivity contribution < 1.29 is 22.0 Å². The van der Waals surface area contributed by atoms with Crippen LogP contribution in [0.25, 0.3) is 0 Å². The van der Waals surface area contributed by atoms with Crippen molar-refractivity contribution in [3.63, 3.8) is 0 Å². The van der Waals surface area contributed by atoms with Crippen LogP contribution < -0.4 is 9.62 Å². The molecule has 2 aromatic rings. The topological polar surface area (TPSA) is 66.5 Å². The first kappa shape index (κ1) is 21.2. The Labute approximate surface area is 161 Å². The number of hydrogen-bond donors (Lipinski definition) is 1. The average Bonchev–Trinajstić information content (AvgIpc) is 2.60. The number of anilines is 1. The fourth-order valence-electron chi connectivity index (χ4n) is 2.28. The van der Waals surface area contributed by atoms with Gasteiger partial charge in [-0.15, -0.1) is 0 Å². The van der Waals surface area contributed by atoms with Gasteiger partial charge < -0.3 is 5.32 Å². The first-order valence-corrected chi connectivity index (χ1v) is 11.1.